The molecule has 86 valence electrons. The molecule has 14 heavy (non-hydrogen) atoms. The van der Waals surface area contributed by atoms with Crippen molar-refractivity contribution in [2.45, 2.75) is 33.2 Å². The van der Waals surface area contributed by atoms with Gasteiger partial charge < -0.3 is 18.9 Å². The van der Waals surface area contributed by atoms with Crippen molar-refractivity contribution in [1.82, 2.24) is 0 Å². The Hall–Kier alpha value is 0.0700. The van der Waals surface area contributed by atoms with Gasteiger partial charge in [-0.25, -0.2) is 0 Å². The largest absolute Gasteiger partial charge is 0.386 e. The molecule has 5 nitrogen and oxygen atoms in total. The Bertz CT molecular complexity index is 200. The second-order valence-corrected chi connectivity index (χ2v) is 4.81. The van der Waals surface area contributed by atoms with Gasteiger partial charge in [-0.3, -0.25) is 4.57 Å². The quantitative estimate of drug-likeness (QED) is 0.531. The first-order valence-electron chi connectivity index (χ1n) is 4.68. The topological polar surface area (TPSA) is 65.0 Å². The predicted molar refractivity (Wildman–Crippen MR) is 53.1 cm³/mol. The lowest BCUT2D eigenvalue weighted by atomic mass is 10.7. The van der Waals surface area contributed by atoms with E-state index in [0.29, 0.717) is 0 Å². The van der Waals surface area contributed by atoms with E-state index in [1.165, 1.54) is 6.92 Å². The molecule has 0 heterocycles. The van der Waals surface area contributed by atoms with Crippen LogP contribution < -0.4 is 0 Å². The van der Waals surface area contributed by atoms with E-state index >= 15 is 0 Å². The Morgan fingerprint density at radius 2 is 1.57 bits per heavy atom. The first-order valence-corrected chi connectivity index (χ1v) is 6.26. The van der Waals surface area contributed by atoms with Crippen molar-refractivity contribution in [3.63, 3.8) is 0 Å². The van der Waals surface area contributed by atoms with E-state index < -0.39 is 13.1 Å². The van der Waals surface area contributed by atoms with Crippen LogP contribution in [0.4, 0.5) is 0 Å². The molecule has 0 aliphatic carbocycles. The third kappa shape index (κ3) is 3.33. The molecular weight excluding hydrogens is 207 g/mol. The lowest BCUT2D eigenvalue weighted by molar-refractivity contribution is -0.174. The van der Waals surface area contributed by atoms with Crippen LogP contribution in [0.1, 0.15) is 27.7 Å². The molecule has 0 aliphatic heterocycles. The highest BCUT2D eigenvalue weighted by Gasteiger charge is 2.47. The molecule has 0 radical (unpaired) electrons. The molecule has 0 spiro atoms. The first kappa shape index (κ1) is 14.1. The van der Waals surface area contributed by atoms with Crippen molar-refractivity contribution >= 4 is 7.60 Å². The Labute approximate surface area is 84.9 Å². The van der Waals surface area contributed by atoms with E-state index in [0.717, 1.165) is 0 Å². The highest BCUT2D eigenvalue weighted by atomic mass is 31.2. The van der Waals surface area contributed by atoms with Gasteiger partial charge in [0.2, 0.25) is 0 Å². The van der Waals surface area contributed by atoms with Crippen molar-refractivity contribution in [3.05, 3.63) is 0 Å². The molecule has 1 atom stereocenters. The van der Waals surface area contributed by atoms with Crippen molar-refractivity contribution < 1.29 is 23.5 Å². The van der Waals surface area contributed by atoms with Crippen LogP contribution >= 0.6 is 7.60 Å². The second-order valence-electron chi connectivity index (χ2n) is 2.70. The van der Waals surface area contributed by atoms with Crippen LogP contribution in [-0.4, -0.2) is 30.2 Å². The van der Waals surface area contributed by atoms with Gasteiger partial charge in [-0.1, -0.05) is 0 Å². The van der Waals surface area contributed by atoms with Crippen LogP contribution in [0.25, 0.3) is 0 Å². The zero-order chi connectivity index (χ0) is 11.2. The molecule has 0 bridgehead atoms. The maximum Gasteiger partial charge on any atom is 0.386 e. The summed E-state index contributed by atoms with van der Waals surface area (Å²) in [6.45, 7) is 7.22. The highest BCUT2D eigenvalue weighted by Crippen LogP contribution is 2.56. The summed E-state index contributed by atoms with van der Waals surface area (Å²) in [5.41, 5.74) is -1.56. The Morgan fingerprint density at radius 3 is 1.86 bits per heavy atom. The van der Waals surface area contributed by atoms with Crippen molar-refractivity contribution in [3.8, 4) is 0 Å². The maximum absolute atomic E-state index is 11.7. The monoisotopic (exact) mass is 226 g/mol. The van der Waals surface area contributed by atoms with Crippen LogP contribution in [0.15, 0.2) is 0 Å². The van der Waals surface area contributed by atoms with E-state index in [1.807, 2.05) is 0 Å². The fourth-order valence-electron chi connectivity index (χ4n) is 1.03. The van der Waals surface area contributed by atoms with E-state index in [1.54, 1.807) is 20.8 Å². The standard InChI is InChI=1S/C8H19O5P/c1-5-11-8(4,12-6-2)14(9,10)13-7-3/h5-7H2,1-4H3,(H,9,10). The smallest absolute Gasteiger partial charge is 0.341 e. The minimum absolute atomic E-state index is 0.142. The molecule has 0 saturated heterocycles. The lowest BCUT2D eigenvalue weighted by Crippen LogP contribution is -2.33. The summed E-state index contributed by atoms with van der Waals surface area (Å²) in [7, 11) is -3.89. The molecule has 0 aromatic heterocycles. The van der Waals surface area contributed by atoms with E-state index in [9.17, 15) is 9.46 Å². The normalized spacial score (nSPS) is 16.6. The molecule has 1 N–H and O–H groups in total. The number of hydrogen-bond donors (Lipinski definition) is 1. The Kier molecular flexibility index (Phi) is 5.86. The fraction of sp³-hybridized carbons (Fsp3) is 1.00. The molecule has 0 fully saturated rings. The van der Waals surface area contributed by atoms with Gasteiger partial charge in [-0.2, -0.15) is 0 Å². The van der Waals surface area contributed by atoms with Crippen molar-refractivity contribution in [2.75, 3.05) is 19.8 Å². The van der Waals surface area contributed by atoms with Crippen LogP contribution in [-0.2, 0) is 18.6 Å². The van der Waals surface area contributed by atoms with Gasteiger partial charge in [0.05, 0.1) is 6.61 Å². The molecule has 0 aromatic rings. The van der Waals surface area contributed by atoms with E-state index in [2.05, 4.69) is 0 Å². The average molecular weight is 226 g/mol. The summed E-state index contributed by atoms with van der Waals surface area (Å²) in [4.78, 5) is 9.58. The van der Waals surface area contributed by atoms with Crippen LogP contribution in [0.2, 0.25) is 0 Å². The van der Waals surface area contributed by atoms with Gasteiger partial charge in [0, 0.05) is 20.1 Å². The van der Waals surface area contributed by atoms with Gasteiger partial charge in [-0.05, 0) is 20.8 Å². The van der Waals surface area contributed by atoms with Crippen LogP contribution in [0.3, 0.4) is 0 Å². The molecule has 0 aliphatic rings. The number of ether oxygens (including phenoxy) is 2. The van der Waals surface area contributed by atoms with Gasteiger partial charge in [-0.15, -0.1) is 0 Å². The first-order chi connectivity index (χ1) is 6.43. The predicted octanol–water partition coefficient (Wildman–Crippen LogP) is 1.95. The molecular formula is C8H19O5P. The van der Waals surface area contributed by atoms with Crippen LogP contribution in [0.5, 0.6) is 0 Å². The maximum atomic E-state index is 11.7. The lowest BCUT2D eigenvalue weighted by Gasteiger charge is -2.31. The number of rotatable bonds is 7. The van der Waals surface area contributed by atoms with Crippen molar-refractivity contribution in [2.24, 2.45) is 0 Å². The van der Waals surface area contributed by atoms with Gasteiger partial charge in [0.25, 0.3) is 5.53 Å². The van der Waals surface area contributed by atoms with Crippen molar-refractivity contribution in [1.29, 1.82) is 0 Å². The number of hydrogen-bond acceptors (Lipinski definition) is 4. The zero-order valence-electron chi connectivity index (χ0n) is 9.15. The minimum atomic E-state index is -3.89. The molecule has 1 unspecified atom stereocenters. The SMILES string of the molecule is CCOC(C)(OCC)P(=O)(O)OCC. The summed E-state index contributed by atoms with van der Waals surface area (Å²) in [5, 5.41) is 0. The van der Waals surface area contributed by atoms with Gasteiger partial charge >= 0.3 is 7.60 Å². The summed E-state index contributed by atoms with van der Waals surface area (Å²) in [6, 6.07) is 0. The molecule has 6 heteroatoms. The fourth-order valence-corrected chi connectivity index (χ4v) is 2.20. The summed E-state index contributed by atoms with van der Waals surface area (Å²) < 4.78 is 26.7. The van der Waals surface area contributed by atoms with E-state index in [4.69, 9.17) is 14.0 Å². The van der Waals surface area contributed by atoms with E-state index in [-0.39, 0.29) is 19.8 Å². The summed E-state index contributed by atoms with van der Waals surface area (Å²) in [6.07, 6.45) is 0. The van der Waals surface area contributed by atoms with Gasteiger partial charge in [0.1, 0.15) is 0 Å². The summed E-state index contributed by atoms with van der Waals surface area (Å²) >= 11 is 0. The van der Waals surface area contributed by atoms with Gasteiger partial charge in [0.15, 0.2) is 0 Å². The average Bonchev–Trinajstić information content (AvgIpc) is 2.04. The molecule has 0 saturated carbocycles. The molecule has 0 aromatic carbocycles. The summed E-state index contributed by atoms with van der Waals surface area (Å²) in [5.74, 6) is 0. The molecule has 0 amide bonds. The molecule has 0 rings (SSSR count). The highest BCUT2D eigenvalue weighted by molar-refractivity contribution is 7.54. The Morgan fingerprint density at radius 1 is 1.14 bits per heavy atom. The third-order valence-corrected chi connectivity index (χ3v) is 3.53. The Balaban J connectivity index is 4.69. The van der Waals surface area contributed by atoms with Crippen LogP contribution in [0, 0.1) is 0 Å². The minimum Gasteiger partial charge on any atom is -0.341 e. The third-order valence-electron chi connectivity index (χ3n) is 1.64. The second kappa shape index (κ2) is 5.83. The zero-order valence-corrected chi connectivity index (χ0v) is 10.0.